The molecule has 1 unspecified atom stereocenters. The maximum Gasteiger partial charge on any atom is 0.320 e. The summed E-state index contributed by atoms with van der Waals surface area (Å²) in [6, 6.07) is 5.77. The van der Waals surface area contributed by atoms with Crippen molar-refractivity contribution in [1.82, 2.24) is 5.32 Å². The first-order valence-corrected chi connectivity index (χ1v) is 6.42. The Morgan fingerprint density at radius 2 is 2.00 bits per heavy atom. The van der Waals surface area contributed by atoms with E-state index in [-0.39, 0.29) is 0 Å². The third-order valence-electron chi connectivity index (χ3n) is 3.04. The number of carbonyl (C=O) groups is 1. The predicted molar refractivity (Wildman–Crippen MR) is 73.6 cm³/mol. The van der Waals surface area contributed by atoms with Gasteiger partial charge in [-0.1, -0.05) is 37.6 Å². The number of hydrogen-bond acceptors (Lipinski definition) is 2. The van der Waals surface area contributed by atoms with Crippen LogP contribution in [0.25, 0.3) is 0 Å². The van der Waals surface area contributed by atoms with Crippen LogP contribution in [0.1, 0.15) is 37.0 Å². The van der Waals surface area contributed by atoms with E-state index in [0.29, 0.717) is 18.9 Å². The fourth-order valence-electron chi connectivity index (χ4n) is 2.02. The Morgan fingerprint density at radius 3 is 2.50 bits per heavy atom. The van der Waals surface area contributed by atoms with Gasteiger partial charge in [0.25, 0.3) is 0 Å². The van der Waals surface area contributed by atoms with Crippen molar-refractivity contribution in [3.8, 4) is 0 Å². The van der Waals surface area contributed by atoms with Gasteiger partial charge in [0.2, 0.25) is 0 Å². The molecule has 0 aliphatic carbocycles. The third-order valence-corrected chi connectivity index (χ3v) is 3.04. The molecule has 3 nitrogen and oxygen atoms in total. The Hall–Kier alpha value is -1.35. The molecule has 100 valence electrons. The van der Waals surface area contributed by atoms with Gasteiger partial charge in [0.05, 0.1) is 0 Å². The molecule has 0 bridgehead atoms. The second kappa shape index (κ2) is 6.55. The van der Waals surface area contributed by atoms with Crippen molar-refractivity contribution >= 4 is 5.97 Å². The molecule has 0 saturated carbocycles. The number of aliphatic carboxylic acids is 1. The third kappa shape index (κ3) is 4.49. The minimum Gasteiger partial charge on any atom is -0.480 e. The highest BCUT2D eigenvalue weighted by Crippen LogP contribution is 2.12. The molecule has 1 aromatic carbocycles. The zero-order valence-electron chi connectivity index (χ0n) is 11.7. The summed E-state index contributed by atoms with van der Waals surface area (Å²) in [4.78, 5) is 11.1. The van der Waals surface area contributed by atoms with Gasteiger partial charge in [0.15, 0.2) is 0 Å². The highest BCUT2D eigenvalue weighted by atomic mass is 16.4. The van der Waals surface area contributed by atoms with Crippen LogP contribution < -0.4 is 5.32 Å². The summed E-state index contributed by atoms with van der Waals surface area (Å²) in [5.41, 5.74) is 3.60. The van der Waals surface area contributed by atoms with E-state index in [1.54, 1.807) is 0 Å². The molecular weight excluding hydrogens is 226 g/mol. The first-order chi connectivity index (χ1) is 8.40. The molecule has 0 amide bonds. The lowest BCUT2D eigenvalue weighted by molar-refractivity contribution is -0.140. The van der Waals surface area contributed by atoms with Crippen molar-refractivity contribution in [2.24, 2.45) is 5.92 Å². The lowest BCUT2D eigenvalue weighted by Crippen LogP contribution is -2.37. The Balaban J connectivity index is 2.64. The fourth-order valence-corrected chi connectivity index (χ4v) is 2.02. The second-order valence-electron chi connectivity index (χ2n) is 5.33. The van der Waals surface area contributed by atoms with E-state index in [1.807, 2.05) is 13.8 Å². The molecule has 0 fully saturated rings. The lowest BCUT2D eigenvalue weighted by Gasteiger charge is -2.17. The first-order valence-electron chi connectivity index (χ1n) is 6.42. The average Bonchev–Trinajstić information content (AvgIpc) is 2.25. The van der Waals surface area contributed by atoms with E-state index < -0.39 is 12.0 Å². The number of nitrogens with one attached hydrogen (secondary N) is 1. The summed E-state index contributed by atoms with van der Waals surface area (Å²) in [5, 5.41) is 12.3. The zero-order valence-corrected chi connectivity index (χ0v) is 11.7. The summed E-state index contributed by atoms with van der Waals surface area (Å²) >= 11 is 0. The van der Waals surface area contributed by atoms with Crippen LogP contribution in [0, 0.1) is 19.8 Å². The van der Waals surface area contributed by atoms with Crippen LogP contribution in [0.4, 0.5) is 0 Å². The van der Waals surface area contributed by atoms with Gasteiger partial charge in [0.1, 0.15) is 6.04 Å². The normalized spacial score (nSPS) is 12.7. The van der Waals surface area contributed by atoms with E-state index in [0.717, 1.165) is 5.56 Å². The van der Waals surface area contributed by atoms with E-state index in [2.05, 4.69) is 37.4 Å². The summed E-state index contributed by atoms with van der Waals surface area (Å²) in [5.74, 6) is -0.397. The Bertz CT molecular complexity index is 413. The van der Waals surface area contributed by atoms with Crippen LogP contribution in [0.15, 0.2) is 18.2 Å². The van der Waals surface area contributed by atoms with Gasteiger partial charge in [-0.15, -0.1) is 0 Å². The molecule has 0 spiro atoms. The maximum atomic E-state index is 11.1. The number of rotatable bonds is 6. The predicted octanol–water partition coefficient (Wildman–Crippen LogP) is 2.89. The number of benzene rings is 1. The van der Waals surface area contributed by atoms with E-state index in [1.165, 1.54) is 11.1 Å². The van der Waals surface area contributed by atoms with Gasteiger partial charge < -0.3 is 10.4 Å². The quantitative estimate of drug-likeness (QED) is 0.815. The molecule has 0 aliphatic heterocycles. The molecule has 1 atom stereocenters. The van der Waals surface area contributed by atoms with E-state index in [9.17, 15) is 4.79 Å². The molecule has 1 aromatic rings. The zero-order chi connectivity index (χ0) is 13.7. The van der Waals surface area contributed by atoms with Gasteiger partial charge in [-0.25, -0.2) is 0 Å². The average molecular weight is 249 g/mol. The summed E-state index contributed by atoms with van der Waals surface area (Å²) in [6.45, 7) is 8.80. The van der Waals surface area contributed by atoms with Crippen molar-refractivity contribution in [3.63, 3.8) is 0 Å². The van der Waals surface area contributed by atoms with Gasteiger partial charge in [-0.05, 0) is 37.3 Å². The van der Waals surface area contributed by atoms with Crippen LogP contribution >= 0.6 is 0 Å². The molecule has 2 N–H and O–H groups in total. The van der Waals surface area contributed by atoms with Crippen LogP contribution in [0.2, 0.25) is 0 Å². The van der Waals surface area contributed by atoms with E-state index in [4.69, 9.17) is 5.11 Å². The number of carboxylic acids is 1. The second-order valence-corrected chi connectivity index (χ2v) is 5.33. The highest BCUT2D eigenvalue weighted by Gasteiger charge is 2.18. The maximum absolute atomic E-state index is 11.1. The Kier molecular flexibility index (Phi) is 5.35. The largest absolute Gasteiger partial charge is 0.480 e. The molecule has 1 rings (SSSR count). The summed E-state index contributed by atoms with van der Waals surface area (Å²) in [6.07, 6.45) is 0.653. The lowest BCUT2D eigenvalue weighted by atomic mass is 10.0. The monoisotopic (exact) mass is 249 g/mol. The van der Waals surface area contributed by atoms with Gasteiger partial charge >= 0.3 is 5.97 Å². The minimum absolute atomic E-state index is 0.373. The molecule has 0 aromatic heterocycles. The van der Waals surface area contributed by atoms with Gasteiger partial charge in [-0.3, -0.25) is 4.79 Å². The van der Waals surface area contributed by atoms with Crippen LogP contribution in [0.5, 0.6) is 0 Å². The SMILES string of the molecule is Cc1ccc(CNC(CC(C)C)C(=O)O)c(C)c1. The van der Waals surface area contributed by atoms with E-state index >= 15 is 0 Å². The van der Waals surface area contributed by atoms with Crippen molar-refractivity contribution in [2.75, 3.05) is 0 Å². The molecule has 18 heavy (non-hydrogen) atoms. The van der Waals surface area contributed by atoms with Crippen LogP contribution in [0.3, 0.4) is 0 Å². The standard InChI is InChI=1S/C15H23NO2/c1-10(2)7-14(15(17)18)16-9-13-6-5-11(3)8-12(13)4/h5-6,8,10,14,16H,7,9H2,1-4H3,(H,17,18). The number of aryl methyl sites for hydroxylation is 2. The van der Waals surface area contributed by atoms with Gasteiger partial charge in [0, 0.05) is 6.54 Å². The van der Waals surface area contributed by atoms with Crippen molar-refractivity contribution < 1.29 is 9.90 Å². The first kappa shape index (κ1) is 14.7. The van der Waals surface area contributed by atoms with Crippen molar-refractivity contribution in [3.05, 3.63) is 34.9 Å². The Morgan fingerprint density at radius 1 is 1.33 bits per heavy atom. The molecule has 0 saturated heterocycles. The van der Waals surface area contributed by atoms with Crippen molar-refractivity contribution in [1.29, 1.82) is 0 Å². The molecular formula is C15H23NO2. The van der Waals surface area contributed by atoms with Crippen LogP contribution in [-0.2, 0) is 11.3 Å². The Labute approximate surface area is 109 Å². The highest BCUT2D eigenvalue weighted by molar-refractivity contribution is 5.73. The summed E-state index contributed by atoms with van der Waals surface area (Å²) < 4.78 is 0. The van der Waals surface area contributed by atoms with Crippen LogP contribution in [-0.4, -0.2) is 17.1 Å². The smallest absolute Gasteiger partial charge is 0.320 e. The molecule has 0 radical (unpaired) electrons. The van der Waals surface area contributed by atoms with Gasteiger partial charge in [-0.2, -0.15) is 0 Å². The number of hydrogen-bond donors (Lipinski definition) is 2. The fraction of sp³-hybridized carbons (Fsp3) is 0.533. The molecule has 0 aliphatic rings. The topological polar surface area (TPSA) is 49.3 Å². The number of carboxylic acid groups (broad SMARTS) is 1. The van der Waals surface area contributed by atoms with Crippen molar-refractivity contribution in [2.45, 2.75) is 46.7 Å². The molecule has 3 heteroatoms. The molecule has 0 heterocycles. The summed E-state index contributed by atoms with van der Waals surface area (Å²) in [7, 11) is 0. The minimum atomic E-state index is -0.770.